The average molecular weight is 363 g/mol. The second kappa shape index (κ2) is 8.70. The van der Waals surface area contributed by atoms with E-state index in [9.17, 15) is 32.7 Å². The molecule has 0 fully saturated rings. The molecular formula is C11H14ClF3N2O6. The number of alkyl halides is 3. The van der Waals surface area contributed by atoms with Gasteiger partial charge in [-0.05, 0) is 0 Å². The number of halogens is 4. The van der Waals surface area contributed by atoms with E-state index in [0.29, 0.717) is 0 Å². The highest BCUT2D eigenvalue weighted by atomic mass is 35.5. The second-order valence-electron chi connectivity index (χ2n) is 4.10. The minimum absolute atomic E-state index is 0.346. The van der Waals surface area contributed by atoms with Gasteiger partial charge in [0.15, 0.2) is 0 Å². The van der Waals surface area contributed by atoms with Crippen LogP contribution >= 0.6 is 11.6 Å². The van der Waals surface area contributed by atoms with Crippen LogP contribution in [0.25, 0.3) is 0 Å². The van der Waals surface area contributed by atoms with Gasteiger partial charge in [0.05, 0.1) is 13.0 Å². The molecule has 132 valence electrons. The molecule has 1 amide bonds. The van der Waals surface area contributed by atoms with Gasteiger partial charge in [0, 0.05) is 17.5 Å². The standard InChI is InChI=1S/C11H14ClF3N2O6/c1-2-10(21,17-7(18)5-16)9(20)23-22-8(19)3-6(12)4-11(13,14)15/h4,21H,2-3,5,16H2,1H3,(H,17,18)/b6-4-. The number of allylic oxidation sites excluding steroid dienone is 1. The van der Waals surface area contributed by atoms with Crippen molar-refractivity contribution in [2.45, 2.75) is 31.7 Å². The number of nitrogens with two attached hydrogens (primary N) is 1. The molecule has 23 heavy (non-hydrogen) atoms. The maximum atomic E-state index is 11.9. The fourth-order valence-electron chi connectivity index (χ4n) is 1.11. The summed E-state index contributed by atoms with van der Waals surface area (Å²) in [6.45, 7) is 0.760. The van der Waals surface area contributed by atoms with E-state index in [1.807, 2.05) is 5.32 Å². The SMILES string of the molecule is CCC(O)(NC(=O)CN)C(=O)OOC(=O)C/C(Cl)=C/C(F)(F)F. The third-order valence-electron chi connectivity index (χ3n) is 2.22. The monoisotopic (exact) mass is 362 g/mol. The van der Waals surface area contributed by atoms with Crippen LogP contribution in [0.4, 0.5) is 13.2 Å². The lowest BCUT2D eigenvalue weighted by Crippen LogP contribution is -2.56. The van der Waals surface area contributed by atoms with Crippen molar-refractivity contribution in [2.75, 3.05) is 6.54 Å². The van der Waals surface area contributed by atoms with E-state index in [2.05, 4.69) is 9.78 Å². The summed E-state index contributed by atoms with van der Waals surface area (Å²) in [7, 11) is 0. The number of rotatable bonds is 6. The van der Waals surface area contributed by atoms with E-state index < -0.39 is 47.7 Å². The van der Waals surface area contributed by atoms with Crippen molar-refractivity contribution < 1.29 is 42.4 Å². The molecule has 0 aromatic rings. The van der Waals surface area contributed by atoms with Crippen molar-refractivity contribution in [1.82, 2.24) is 5.32 Å². The first-order valence-corrected chi connectivity index (χ1v) is 6.40. The van der Waals surface area contributed by atoms with Crippen LogP contribution in [0.15, 0.2) is 11.1 Å². The van der Waals surface area contributed by atoms with E-state index in [1.54, 1.807) is 0 Å². The minimum atomic E-state index is -4.73. The zero-order valence-electron chi connectivity index (χ0n) is 11.8. The minimum Gasteiger partial charge on any atom is -0.362 e. The Kier molecular flexibility index (Phi) is 8.00. The van der Waals surface area contributed by atoms with Gasteiger partial charge in [-0.3, -0.25) is 4.79 Å². The Labute approximate surface area is 133 Å². The van der Waals surface area contributed by atoms with Crippen LogP contribution in [0.1, 0.15) is 19.8 Å². The van der Waals surface area contributed by atoms with Crippen LogP contribution in [0.3, 0.4) is 0 Å². The van der Waals surface area contributed by atoms with E-state index in [4.69, 9.17) is 17.3 Å². The predicted octanol–water partition coefficient (Wildman–Crippen LogP) is 0.236. The van der Waals surface area contributed by atoms with Gasteiger partial charge >= 0.3 is 18.1 Å². The summed E-state index contributed by atoms with van der Waals surface area (Å²) in [5.41, 5.74) is 2.48. The highest BCUT2D eigenvalue weighted by Crippen LogP contribution is 2.22. The van der Waals surface area contributed by atoms with Crippen molar-refractivity contribution in [2.24, 2.45) is 5.73 Å². The molecule has 0 bridgehead atoms. The second-order valence-corrected chi connectivity index (χ2v) is 4.59. The van der Waals surface area contributed by atoms with Crippen molar-refractivity contribution in [3.8, 4) is 0 Å². The third-order valence-corrected chi connectivity index (χ3v) is 2.47. The maximum Gasteiger partial charge on any atom is 0.410 e. The molecule has 0 radical (unpaired) electrons. The fourth-order valence-corrected chi connectivity index (χ4v) is 1.35. The Morgan fingerprint density at radius 2 is 1.87 bits per heavy atom. The summed E-state index contributed by atoms with van der Waals surface area (Å²) < 4.78 is 35.8. The number of hydrogen-bond donors (Lipinski definition) is 3. The molecule has 12 heteroatoms. The van der Waals surface area contributed by atoms with Crippen LogP contribution in [-0.2, 0) is 24.2 Å². The molecular weight excluding hydrogens is 349 g/mol. The zero-order valence-corrected chi connectivity index (χ0v) is 12.5. The zero-order chi connectivity index (χ0) is 18.3. The molecule has 1 atom stereocenters. The van der Waals surface area contributed by atoms with Crippen LogP contribution in [-0.4, -0.2) is 41.4 Å². The molecule has 0 rings (SSSR count). The molecule has 0 saturated heterocycles. The van der Waals surface area contributed by atoms with Crippen LogP contribution in [0.2, 0.25) is 0 Å². The van der Waals surface area contributed by atoms with Gasteiger partial charge in [-0.15, -0.1) is 0 Å². The Morgan fingerprint density at radius 1 is 1.30 bits per heavy atom. The number of hydrogen-bond acceptors (Lipinski definition) is 7. The van der Waals surface area contributed by atoms with E-state index in [-0.39, 0.29) is 12.5 Å². The molecule has 0 aliphatic carbocycles. The van der Waals surface area contributed by atoms with Gasteiger partial charge in [0.2, 0.25) is 11.6 Å². The highest BCUT2D eigenvalue weighted by Gasteiger charge is 2.39. The molecule has 0 saturated carbocycles. The molecule has 8 nitrogen and oxygen atoms in total. The van der Waals surface area contributed by atoms with Gasteiger partial charge < -0.3 is 16.2 Å². The Morgan fingerprint density at radius 3 is 2.30 bits per heavy atom. The molecule has 1 unspecified atom stereocenters. The smallest absolute Gasteiger partial charge is 0.362 e. The summed E-state index contributed by atoms with van der Waals surface area (Å²) in [6.07, 6.45) is -6.46. The van der Waals surface area contributed by atoms with Crippen LogP contribution in [0.5, 0.6) is 0 Å². The third kappa shape index (κ3) is 8.38. The molecule has 4 N–H and O–H groups in total. The maximum absolute atomic E-state index is 11.9. The average Bonchev–Trinajstić information content (AvgIpc) is 2.41. The Hall–Kier alpha value is -1.85. The molecule has 0 heterocycles. The lowest BCUT2D eigenvalue weighted by atomic mass is 10.1. The topological polar surface area (TPSA) is 128 Å². The first-order valence-electron chi connectivity index (χ1n) is 6.02. The predicted molar refractivity (Wildman–Crippen MR) is 69.2 cm³/mol. The molecule has 0 aliphatic rings. The van der Waals surface area contributed by atoms with Gasteiger partial charge in [-0.1, -0.05) is 18.5 Å². The number of aliphatic hydroxyl groups is 1. The Balaban J connectivity index is 4.60. The van der Waals surface area contributed by atoms with Crippen molar-refractivity contribution in [3.63, 3.8) is 0 Å². The highest BCUT2D eigenvalue weighted by molar-refractivity contribution is 6.30. The van der Waals surface area contributed by atoms with Crippen molar-refractivity contribution in [1.29, 1.82) is 0 Å². The molecule has 0 aliphatic heterocycles. The number of nitrogens with one attached hydrogen (secondary N) is 1. The first kappa shape index (κ1) is 21.1. The van der Waals surface area contributed by atoms with Crippen molar-refractivity contribution in [3.05, 3.63) is 11.1 Å². The summed E-state index contributed by atoms with van der Waals surface area (Å²) in [5.74, 6) is -3.88. The van der Waals surface area contributed by atoms with Crippen molar-refractivity contribution >= 4 is 29.4 Å². The normalized spacial score (nSPS) is 14.7. The quantitative estimate of drug-likeness (QED) is 0.350. The number of carbonyl (C=O) groups is 3. The van der Waals surface area contributed by atoms with Crippen LogP contribution in [0, 0.1) is 0 Å². The van der Waals surface area contributed by atoms with Gasteiger partial charge in [-0.25, -0.2) is 19.4 Å². The molecule has 0 aromatic heterocycles. The summed E-state index contributed by atoms with van der Waals surface area (Å²) in [6, 6.07) is 0. The lowest BCUT2D eigenvalue weighted by Gasteiger charge is -2.23. The summed E-state index contributed by atoms with van der Waals surface area (Å²) in [5, 5.41) is 10.7. The van der Waals surface area contributed by atoms with Gasteiger partial charge in [0.1, 0.15) is 0 Å². The number of carbonyl (C=O) groups excluding carboxylic acids is 3. The number of amides is 1. The molecule has 0 spiro atoms. The van der Waals surface area contributed by atoms with Crippen LogP contribution < -0.4 is 11.1 Å². The van der Waals surface area contributed by atoms with Gasteiger partial charge in [-0.2, -0.15) is 13.2 Å². The fraction of sp³-hybridized carbons (Fsp3) is 0.545. The summed E-state index contributed by atoms with van der Waals surface area (Å²) in [4.78, 5) is 41.7. The lowest BCUT2D eigenvalue weighted by molar-refractivity contribution is -0.271. The van der Waals surface area contributed by atoms with E-state index >= 15 is 0 Å². The summed E-state index contributed by atoms with van der Waals surface area (Å²) >= 11 is 5.16. The largest absolute Gasteiger partial charge is 0.410 e. The molecule has 0 aromatic carbocycles. The van der Waals surface area contributed by atoms with Gasteiger partial charge in [0.25, 0.3) is 0 Å². The van der Waals surface area contributed by atoms with E-state index in [0.717, 1.165) is 0 Å². The first-order chi connectivity index (χ1) is 10.4. The Bertz CT molecular complexity index is 497. The van der Waals surface area contributed by atoms with E-state index in [1.165, 1.54) is 6.92 Å².